The lowest BCUT2D eigenvalue weighted by molar-refractivity contribution is -0.123. The van der Waals surface area contributed by atoms with Gasteiger partial charge in [-0.15, -0.1) is 0 Å². The zero-order valence-corrected chi connectivity index (χ0v) is 14.4. The second kappa shape index (κ2) is 7.61. The van der Waals surface area contributed by atoms with Crippen molar-refractivity contribution in [2.24, 2.45) is 0 Å². The lowest BCUT2D eigenvalue weighted by Crippen LogP contribution is -2.46. The van der Waals surface area contributed by atoms with Gasteiger partial charge in [0.15, 0.2) is 0 Å². The molecule has 1 atom stereocenters. The Balaban J connectivity index is 1.74. The summed E-state index contributed by atoms with van der Waals surface area (Å²) in [7, 11) is 0. The molecule has 3 amide bonds. The van der Waals surface area contributed by atoms with Crippen molar-refractivity contribution in [1.29, 1.82) is 0 Å². The Bertz CT molecular complexity index is 583. The van der Waals surface area contributed by atoms with Crippen molar-refractivity contribution in [2.75, 3.05) is 25.0 Å². The summed E-state index contributed by atoms with van der Waals surface area (Å²) < 4.78 is 12.8. The van der Waals surface area contributed by atoms with Gasteiger partial charge in [-0.05, 0) is 51.5 Å². The number of urea groups is 1. The molecule has 3 N–H and O–H groups in total. The van der Waals surface area contributed by atoms with E-state index < -0.39 is 0 Å². The number of anilines is 1. The predicted molar refractivity (Wildman–Crippen MR) is 91.3 cm³/mol. The molecule has 1 aliphatic rings. The Kier molecular flexibility index (Phi) is 5.77. The molecule has 0 radical (unpaired) electrons. The second-order valence-corrected chi connectivity index (χ2v) is 7.12. The minimum Gasteiger partial charge on any atom is -0.350 e. The van der Waals surface area contributed by atoms with Gasteiger partial charge in [-0.3, -0.25) is 9.69 Å². The Labute approximate surface area is 141 Å². The summed E-state index contributed by atoms with van der Waals surface area (Å²) in [5.74, 6) is -0.361. The smallest absolute Gasteiger partial charge is 0.319 e. The van der Waals surface area contributed by atoms with Gasteiger partial charge in [-0.1, -0.05) is 0 Å². The molecule has 24 heavy (non-hydrogen) atoms. The van der Waals surface area contributed by atoms with Crippen molar-refractivity contribution in [2.45, 2.75) is 38.8 Å². The van der Waals surface area contributed by atoms with Crippen molar-refractivity contribution >= 4 is 17.6 Å². The number of hydrogen-bond acceptors (Lipinski definition) is 3. The molecule has 6 nitrogen and oxygen atoms in total. The van der Waals surface area contributed by atoms with Crippen LogP contribution < -0.4 is 16.0 Å². The number of nitrogens with one attached hydrogen (secondary N) is 3. The van der Waals surface area contributed by atoms with Crippen LogP contribution in [-0.4, -0.2) is 48.1 Å². The van der Waals surface area contributed by atoms with Crippen LogP contribution in [0.5, 0.6) is 0 Å². The van der Waals surface area contributed by atoms with Gasteiger partial charge >= 0.3 is 6.03 Å². The van der Waals surface area contributed by atoms with Crippen LogP contribution in [0.25, 0.3) is 0 Å². The third kappa shape index (κ3) is 6.16. The van der Waals surface area contributed by atoms with Crippen LogP contribution >= 0.6 is 0 Å². The van der Waals surface area contributed by atoms with Gasteiger partial charge in [0.25, 0.3) is 0 Å². The molecule has 1 aromatic rings. The topological polar surface area (TPSA) is 73.5 Å². The fourth-order valence-corrected chi connectivity index (χ4v) is 2.64. The molecule has 2 rings (SSSR count). The van der Waals surface area contributed by atoms with E-state index in [-0.39, 0.29) is 29.3 Å². The highest BCUT2D eigenvalue weighted by Crippen LogP contribution is 2.11. The molecule has 1 unspecified atom stereocenters. The van der Waals surface area contributed by atoms with Crippen LogP contribution in [0.15, 0.2) is 24.3 Å². The van der Waals surface area contributed by atoms with E-state index in [1.165, 1.54) is 24.3 Å². The molecule has 1 fully saturated rings. The van der Waals surface area contributed by atoms with Gasteiger partial charge in [0.2, 0.25) is 5.91 Å². The van der Waals surface area contributed by atoms with Gasteiger partial charge in [0, 0.05) is 30.4 Å². The number of halogens is 1. The minimum absolute atomic E-state index is 0.00659. The monoisotopic (exact) mass is 336 g/mol. The molecule has 1 heterocycles. The van der Waals surface area contributed by atoms with E-state index in [1.807, 2.05) is 25.7 Å². The molecule has 0 spiro atoms. The third-order valence-electron chi connectivity index (χ3n) is 3.59. The third-order valence-corrected chi connectivity index (χ3v) is 3.59. The first-order valence-electron chi connectivity index (χ1n) is 8.08. The number of hydrogen-bond donors (Lipinski definition) is 3. The summed E-state index contributed by atoms with van der Waals surface area (Å²) in [4.78, 5) is 25.9. The molecule has 1 aliphatic heterocycles. The fourth-order valence-electron chi connectivity index (χ4n) is 2.64. The maximum Gasteiger partial charge on any atom is 0.319 e. The number of carbonyl (C=O) groups excluding carboxylic acids is 2. The summed E-state index contributed by atoms with van der Waals surface area (Å²) in [6.07, 6.45) is 0.791. The summed E-state index contributed by atoms with van der Waals surface area (Å²) in [6, 6.07) is 5.27. The van der Waals surface area contributed by atoms with Crippen molar-refractivity contribution < 1.29 is 14.0 Å². The highest BCUT2D eigenvalue weighted by molar-refractivity contribution is 5.89. The number of nitrogens with zero attached hydrogens (tertiary/aromatic N) is 1. The van der Waals surface area contributed by atoms with Crippen LogP contribution in [0.4, 0.5) is 14.9 Å². The fraction of sp³-hybridized carbons (Fsp3) is 0.529. The van der Waals surface area contributed by atoms with Gasteiger partial charge in [-0.25, -0.2) is 9.18 Å². The standard InChI is InChI=1S/C17H25FN4O2/c1-17(2,3)21-15(23)11-22-9-8-14(10-22)20-16(24)19-13-6-4-12(18)5-7-13/h4-7,14H,8-11H2,1-3H3,(H,21,23)(H2,19,20,24). The van der Waals surface area contributed by atoms with Crippen LogP contribution in [0.3, 0.4) is 0 Å². The molecule has 1 saturated heterocycles. The summed E-state index contributed by atoms with van der Waals surface area (Å²) in [5.41, 5.74) is 0.289. The maximum atomic E-state index is 12.8. The van der Waals surface area contributed by atoms with Crippen molar-refractivity contribution in [3.63, 3.8) is 0 Å². The van der Waals surface area contributed by atoms with Crippen LogP contribution in [0, 0.1) is 5.82 Å². The Hall–Kier alpha value is -2.15. The number of amides is 3. The van der Waals surface area contributed by atoms with Crippen molar-refractivity contribution in [3.8, 4) is 0 Å². The lowest BCUT2D eigenvalue weighted by Gasteiger charge is -2.23. The molecule has 132 valence electrons. The minimum atomic E-state index is -0.346. The highest BCUT2D eigenvalue weighted by atomic mass is 19.1. The first-order chi connectivity index (χ1) is 11.2. The van der Waals surface area contributed by atoms with Gasteiger partial charge in [-0.2, -0.15) is 0 Å². The molecular formula is C17H25FN4O2. The number of likely N-dealkylation sites (tertiary alicyclic amines) is 1. The lowest BCUT2D eigenvalue weighted by atomic mass is 10.1. The van der Waals surface area contributed by atoms with E-state index in [2.05, 4.69) is 16.0 Å². The molecule has 7 heteroatoms. The summed E-state index contributed by atoms with van der Waals surface area (Å²) in [5, 5.41) is 8.47. The number of carbonyl (C=O) groups is 2. The number of rotatable bonds is 4. The van der Waals surface area contributed by atoms with Crippen LogP contribution in [0.1, 0.15) is 27.2 Å². The van der Waals surface area contributed by atoms with E-state index in [1.54, 1.807) is 0 Å². The second-order valence-electron chi connectivity index (χ2n) is 7.12. The van der Waals surface area contributed by atoms with Crippen LogP contribution in [0.2, 0.25) is 0 Å². The van der Waals surface area contributed by atoms with E-state index >= 15 is 0 Å². The predicted octanol–water partition coefficient (Wildman–Crippen LogP) is 1.94. The van der Waals surface area contributed by atoms with Crippen LogP contribution in [-0.2, 0) is 4.79 Å². The zero-order chi connectivity index (χ0) is 17.7. The highest BCUT2D eigenvalue weighted by Gasteiger charge is 2.26. The van der Waals surface area contributed by atoms with Gasteiger partial charge in [0.05, 0.1) is 6.54 Å². The molecular weight excluding hydrogens is 311 g/mol. The van der Waals surface area contributed by atoms with E-state index in [4.69, 9.17) is 0 Å². The van der Waals surface area contributed by atoms with E-state index in [9.17, 15) is 14.0 Å². The number of benzene rings is 1. The Morgan fingerprint density at radius 1 is 1.25 bits per heavy atom. The Morgan fingerprint density at radius 2 is 1.92 bits per heavy atom. The van der Waals surface area contributed by atoms with Gasteiger partial charge in [0.1, 0.15) is 5.82 Å². The molecule has 1 aromatic carbocycles. The summed E-state index contributed by atoms with van der Waals surface area (Å²) in [6.45, 7) is 7.56. The zero-order valence-electron chi connectivity index (χ0n) is 14.4. The average molecular weight is 336 g/mol. The first-order valence-corrected chi connectivity index (χ1v) is 8.08. The molecule has 0 bridgehead atoms. The maximum absolute atomic E-state index is 12.8. The van der Waals surface area contributed by atoms with E-state index in [0.29, 0.717) is 18.8 Å². The average Bonchev–Trinajstić information content (AvgIpc) is 2.86. The SMILES string of the molecule is CC(C)(C)NC(=O)CN1CCC(NC(=O)Nc2ccc(F)cc2)C1. The van der Waals surface area contributed by atoms with E-state index in [0.717, 1.165) is 13.0 Å². The Morgan fingerprint density at radius 3 is 2.54 bits per heavy atom. The van der Waals surface area contributed by atoms with Gasteiger partial charge < -0.3 is 16.0 Å². The largest absolute Gasteiger partial charge is 0.350 e. The molecule has 0 aliphatic carbocycles. The molecule has 0 saturated carbocycles. The quantitative estimate of drug-likeness (QED) is 0.787. The first kappa shape index (κ1) is 18.2. The normalized spacial score (nSPS) is 18.2. The van der Waals surface area contributed by atoms with Crippen molar-refractivity contribution in [1.82, 2.24) is 15.5 Å². The summed E-state index contributed by atoms with van der Waals surface area (Å²) >= 11 is 0. The molecule has 0 aromatic heterocycles. The van der Waals surface area contributed by atoms with Crippen molar-refractivity contribution in [3.05, 3.63) is 30.1 Å².